The van der Waals surface area contributed by atoms with Crippen LogP contribution in [-0.4, -0.2) is 33.8 Å². The Hall–Kier alpha value is -0.130. The molecule has 5 heteroatoms. The summed E-state index contributed by atoms with van der Waals surface area (Å²) in [7, 11) is -3.00. The molecule has 2 N–H and O–H groups in total. The monoisotopic (exact) mass is 234 g/mol. The molecule has 1 saturated carbocycles. The average Bonchev–Trinajstić information content (AvgIpc) is 2.98. The van der Waals surface area contributed by atoms with E-state index in [1.54, 1.807) is 0 Å². The summed E-state index contributed by atoms with van der Waals surface area (Å²) in [5, 5.41) is 3.18. The Bertz CT molecular complexity index is 261. The van der Waals surface area contributed by atoms with E-state index in [4.69, 9.17) is 0 Å². The second kappa shape index (κ2) is 6.45. The molecule has 0 aliphatic heterocycles. The third-order valence-electron chi connectivity index (χ3n) is 2.56. The van der Waals surface area contributed by atoms with Gasteiger partial charge in [0.25, 0.3) is 0 Å². The van der Waals surface area contributed by atoms with Crippen LogP contribution in [0.2, 0.25) is 0 Å². The Morgan fingerprint density at radius 2 is 2.00 bits per heavy atom. The number of hydrogen-bond acceptors (Lipinski definition) is 3. The number of hydrogen-bond donors (Lipinski definition) is 2. The van der Waals surface area contributed by atoms with Crippen LogP contribution in [0, 0.1) is 5.92 Å². The van der Waals surface area contributed by atoms with Crippen molar-refractivity contribution in [2.24, 2.45) is 5.92 Å². The number of nitrogens with one attached hydrogen (secondary N) is 2. The van der Waals surface area contributed by atoms with Crippen LogP contribution in [-0.2, 0) is 10.0 Å². The van der Waals surface area contributed by atoms with E-state index in [0.29, 0.717) is 12.5 Å². The molecule has 15 heavy (non-hydrogen) atoms. The summed E-state index contributed by atoms with van der Waals surface area (Å²) in [6.45, 7) is 4.56. The van der Waals surface area contributed by atoms with Crippen molar-refractivity contribution < 1.29 is 8.42 Å². The molecule has 0 unspecified atom stereocenters. The van der Waals surface area contributed by atoms with E-state index in [0.717, 1.165) is 25.9 Å². The molecule has 1 aliphatic carbocycles. The maximum Gasteiger partial charge on any atom is 0.211 e. The van der Waals surface area contributed by atoms with Gasteiger partial charge in [-0.3, -0.25) is 0 Å². The van der Waals surface area contributed by atoms with E-state index in [2.05, 4.69) is 10.0 Å². The first kappa shape index (κ1) is 12.9. The molecule has 0 aromatic carbocycles. The van der Waals surface area contributed by atoms with Crippen LogP contribution in [0.15, 0.2) is 0 Å². The van der Waals surface area contributed by atoms with Crippen molar-refractivity contribution in [1.82, 2.24) is 10.0 Å². The predicted molar refractivity (Wildman–Crippen MR) is 62.3 cm³/mol. The van der Waals surface area contributed by atoms with Gasteiger partial charge in [-0.15, -0.1) is 0 Å². The standard InChI is InChI=1S/C10H22N2O2S/c1-2-11-7-3-4-8-15(13,14)12-9-10-5-6-10/h10-12H,2-9H2,1H3. The molecule has 0 radical (unpaired) electrons. The molecular formula is C10H22N2O2S. The summed E-state index contributed by atoms with van der Waals surface area (Å²) in [4.78, 5) is 0. The molecule has 0 atom stereocenters. The highest BCUT2D eigenvalue weighted by Crippen LogP contribution is 2.27. The maximum atomic E-state index is 11.5. The SMILES string of the molecule is CCNCCCCS(=O)(=O)NCC1CC1. The van der Waals surface area contributed by atoms with Crippen LogP contribution in [0.3, 0.4) is 0 Å². The van der Waals surface area contributed by atoms with E-state index >= 15 is 0 Å². The van der Waals surface area contributed by atoms with Gasteiger partial charge in [-0.2, -0.15) is 0 Å². The lowest BCUT2D eigenvalue weighted by Crippen LogP contribution is -2.28. The minimum atomic E-state index is -3.00. The van der Waals surface area contributed by atoms with Crippen molar-refractivity contribution in [2.45, 2.75) is 32.6 Å². The van der Waals surface area contributed by atoms with Gasteiger partial charge in [0.2, 0.25) is 10.0 Å². The molecule has 0 aromatic heterocycles. The van der Waals surface area contributed by atoms with Gasteiger partial charge in [0.15, 0.2) is 0 Å². The van der Waals surface area contributed by atoms with E-state index in [1.165, 1.54) is 12.8 Å². The van der Waals surface area contributed by atoms with Crippen molar-refractivity contribution in [3.63, 3.8) is 0 Å². The summed E-state index contributed by atoms with van der Waals surface area (Å²) in [6.07, 6.45) is 4.04. The first-order valence-electron chi connectivity index (χ1n) is 5.82. The summed E-state index contributed by atoms with van der Waals surface area (Å²) >= 11 is 0. The van der Waals surface area contributed by atoms with Crippen LogP contribution >= 0.6 is 0 Å². The lowest BCUT2D eigenvalue weighted by molar-refractivity contribution is 0.570. The minimum Gasteiger partial charge on any atom is -0.317 e. The second-order valence-corrected chi connectivity index (χ2v) is 6.10. The summed E-state index contributed by atoms with van der Waals surface area (Å²) in [6, 6.07) is 0. The van der Waals surface area contributed by atoms with E-state index in [9.17, 15) is 8.42 Å². The normalized spacial score (nSPS) is 16.9. The third-order valence-corrected chi connectivity index (χ3v) is 3.99. The number of sulfonamides is 1. The average molecular weight is 234 g/mol. The smallest absolute Gasteiger partial charge is 0.211 e. The second-order valence-electron chi connectivity index (χ2n) is 4.17. The first-order valence-corrected chi connectivity index (χ1v) is 7.47. The molecule has 4 nitrogen and oxygen atoms in total. The zero-order valence-electron chi connectivity index (χ0n) is 9.46. The van der Waals surface area contributed by atoms with Gasteiger partial charge in [-0.1, -0.05) is 6.92 Å². The molecule has 0 spiro atoms. The van der Waals surface area contributed by atoms with Gasteiger partial charge in [0.1, 0.15) is 0 Å². The van der Waals surface area contributed by atoms with E-state index in [-0.39, 0.29) is 5.75 Å². The lowest BCUT2D eigenvalue weighted by atomic mass is 10.3. The van der Waals surface area contributed by atoms with E-state index < -0.39 is 10.0 Å². The van der Waals surface area contributed by atoms with E-state index in [1.807, 2.05) is 6.92 Å². The molecule has 0 amide bonds. The fraction of sp³-hybridized carbons (Fsp3) is 1.00. The van der Waals surface area contributed by atoms with Crippen LogP contribution in [0.5, 0.6) is 0 Å². The van der Waals surface area contributed by atoms with Crippen LogP contribution in [0.1, 0.15) is 32.6 Å². The van der Waals surface area contributed by atoms with Crippen molar-refractivity contribution in [3.05, 3.63) is 0 Å². The van der Waals surface area contributed by atoms with Gasteiger partial charge in [0, 0.05) is 6.54 Å². The zero-order chi connectivity index (χ0) is 11.1. The highest BCUT2D eigenvalue weighted by atomic mass is 32.2. The Balaban J connectivity index is 2.01. The van der Waals surface area contributed by atoms with Gasteiger partial charge in [0.05, 0.1) is 5.75 Å². The van der Waals surface area contributed by atoms with Gasteiger partial charge >= 0.3 is 0 Å². The molecular weight excluding hydrogens is 212 g/mol. The Labute approximate surface area is 92.9 Å². The highest BCUT2D eigenvalue weighted by molar-refractivity contribution is 7.89. The fourth-order valence-corrected chi connectivity index (χ4v) is 2.58. The quantitative estimate of drug-likeness (QED) is 0.578. The Morgan fingerprint density at radius 3 is 2.60 bits per heavy atom. The molecule has 1 aliphatic rings. The Morgan fingerprint density at radius 1 is 1.27 bits per heavy atom. The van der Waals surface area contributed by atoms with Crippen molar-refractivity contribution in [2.75, 3.05) is 25.4 Å². The van der Waals surface area contributed by atoms with Crippen LogP contribution < -0.4 is 10.0 Å². The largest absolute Gasteiger partial charge is 0.317 e. The first-order chi connectivity index (χ1) is 7.14. The number of unbranched alkanes of at least 4 members (excludes halogenated alkanes) is 1. The summed E-state index contributed by atoms with van der Waals surface area (Å²) < 4.78 is 25.6. The Kier molecular flexibility index (Phi) is 5.56. The van der Waals surface area contributed by atoms with Crippen molar-refractivity contribution in [1.29, 1.82) is 0 Å². The molecule has 0 saturated heterocycles. The lowest BCUT2D eigenvalue weighted by Gasteiger charge is -2.05. The molecule has 0 bridgehead atoms. The maximum absolute atomic E-state index is 11.5. The fourth-order valence-electron chi connectivity index (χ4n) is 1.36. The summed E-state index contributed by atoms with van der Waals surface area (Å²) in [5.74, 6) is 0.881. The van der Waals surface area contributed by atoms with Gasteiger partial charge in [-0.05, 0) is 44.7 Å². The molecule has 0 aromatic rings. The zero-order valence-corrected chi connectivity index (χ0v) is 10.3. The topological polar surface area (TPSA) is 58.2 Å². The predicted octanol–water partition coefficient (Wildman–Crippen LogP) is 0.706. The third kappa shape index (κ3) is 6.87. The minimum absolute atomic E-state index is 0.269. The van der Waals surface area contributed by atoms with Crippen molar-refractivity contribution in [3.8, 4) is 0 Å². The van der Waals surface area contributed by atoms with Gasteiger partial charge < -0.3 is 5.32 Å². The molecule has 1 fully saturated rings. The molecule has 90 valence electrons. The summed E-state index contributed by atoms with van der Waals surface area (Å²) in [5.41, 5.74) is 0. The van der Waals surface area contributed by atoms with Crippen molar-refractivity contribution >= 4 is 10.0 Å². The molecule has 0 heterocycles. The number of rotatable bonds is 9. The molecule has 1 rings (SSSR count). The van der Waals surface area contributed by atoms with Gasteiger partial charge in [-0.25, -0.2) is 13.1 Å². The van der Waals surface area contributed by atoms with Crippen LogP contribution in [0.4, 0.5) is 0 Å². The highest BCUT2D eigenvalue weighted by Gasteiger charge is 2.23. The van der Waals surface area contributed by atoms with Crippen LogP contribution in [0.25, 0.3) is 0 Å².